The van der Waals surface area contributed by atoms with Gasteiger partial charge >= 0.3 is 12.1 Å². The van der Waals surface area contributed by atoms with Crippen molar-refractivity contribution in [2.24, 2.45) is 5.16 Å². The van der Waals surface area contributed by atoms with Crippen molar-refractivity contribution in [2.45, 2.75) is 24.9 Å². The van der Waals surface area contributed by atoms with Crippen LogP contribution in [0.5, 0.6) is 0 Å². The number of benzene rings is 1. The number of oxime groups is 1. The summed E-state index contributed by atoms with van der Waals surface area (Å²) in [7, 11) is 1.25. The number of esters is 1. The van der Waals surface area contributed by atoms with Crippen LogP contribution >= 0.6 is 22.7 Å². The zero-order valence-electron chi connectivity index (χ0n) is 24.4. The average molecular weight is 667 g/mol. The normalized spacial score (nSPS) is 17.4. The molecule has 0 bridgehead atoms. The minimum Gasteiger partial charge on any atom is -0.457 e. The third-order valence-corrected chi connectivity index (χ3v) is 8.49. The SMILES string of the molecule is C=CCOC(=O)Nc1nc(/C(=N/OC)C(=O)N[C@@H]2C(=O)N3C(C(=O)OCC=C)=C(c4csc(-c5ccc(F)cc5)n4)CC[C@H]23)cs1. The smallest absolute Gasteiger partial charge is 0.413 e. The van der Waals surface area contributed by atoms with Crippen LogP contribution in [0.2, 0.25) is 0 Å². The molecule has 4 heterocycles. The molecule has 3 aromatic rings. The molecule has 2 aliphatic rings. The van der Waals surface area contributed by atoms with Crippen LogP contribution in [0, 0.1) is 5.82 Å². The van der Waals surface area contributed by atoms with Crippen LogP contribution in [0.4, 0.5) is 14.3 Å². The number of halogens is 1. The van der Waals surface area contributed by atoms with Crippen LogP contribution in [0.3, 0.4) is 0 Å². The van der Waals surface area contributed by atoms with E-state index in [4.69, 9.17) is 14.3 Å². The third-order valence-electron chi connectivity index (χ3n) is 6.84. The van der Waals surface area contributed by atoms with Crippen LogP contribution in [0.25, 0.3) is 16.1 Å². The first kappa shape index (κ1) is 32.2. The van der Waals surface area contributed by atoms with Crippen LogP contribution in [0.1, 0.15) is 24.2 Å². The Kier molecular flexibility index (Phi) is 9.97. The van der Waals surface area contributed by atoms with Crippen molar-refractivity contribution in [2.75, 3.05) is 25.6 Å². The Balaban J connectivity index is 1.36. The summed E-state index contributed by atoms with van der Waals surface area (Å²) in [6.07, 6.45) is 2.82. The molecule has 0 radical (unpaired) electrons. The second-order valence-electron chi connectivity index (χ2n) is 9.70. The molecule has 5 rings (SSSR count). The van der Waals surface area contributed by atoms with Gasteiger partial charge in [0.15, 0.2) is 10.8 Å². The van der Waals surface area contributed by atoms with Crippen molar-refractivity contribution in [3.05, 3.63) is 83.2 Å². The zero-order chi connectivity index (χ0) is 32.8. The summed E-state index contributed by atoms with van der Waals surface area (Å²) in [5.41, 5.74) is 1.61. The molecule has 0 aliphatic carbocycles. The van der Waals surface area contributed by atoms with Crippen LogP contribution < -0.4 is 10.6 Å². The number of thiazole rings is 2. The Morgan fingerprint density at radius 1 is 1.11 bits per heavy atom. The van der Waals surface area contributed by atoms with E-state index in [0.717, 1.165) is 11.3 Å². The van der Waals surface area contributed by atoms with Crippen molar-refractivity contribution in [3.8, 4) is 10.6 Å². The molecule has 2 aromatic heterocycles. The molecule has 13 nitrogen and oxygen atoms in total. The summed E-state index contributed by atoms with van der Waals surface area (Å²) < 4.78 is 23.6. The van der Waals surface area contributed by atoms with Crippen molar-refractivity contribution >= 4 is 63.0 Å². The first-order chi connectivity index (χ1) is 22.2. The largest absolute Gasteiger partial charge is 0.457 e. The van der Waals surface area contributed by atoms with E-state index < -0.39 is 36.0 Å². The van der Waals surface area contributed by atoms with Gasteiger partial charge in [-0.05, 0) is 37.1 Å². The highest BCUT2D eigenvalue weighted by molar-refractivity contribution is 7.14. The number of hydrogen-bond acceptors (Lipinski definition) is 12. The first-order valence-corrected chi connectivity index (χ1v) is 15.5. The van der Waals surface area contributed by atoms with E-state index >= 15 is 0 Å². The molecule has 16 heteroatoms. The monoisotopic (exact) mass is 666 g/mol. The molecule has 0 saturated carbocycles. The van der Waals surface area contributed by atoms with Crippen molar-refractivity contribution in [3.63, 3.8) is 0 Å². The second-order valence-corrected chi connectivity index (χ2v) is 11.4. The topological polar surface area (TPSA) is 161 Å². The third kappa shape index (κ3) is 6.72. The van der Waals surface area contributed by atoms with Gasteiger partial charge in [-0.25, -0.2) is 23.9 Å². The summed E-state index contributed by atoms with van der Waals surface area (Å²) in [5, 5.41) is 12.9. The van der Waals surface area contributed by atoms with E-state index in [-0.39, 0.29) is 41.3 Å². The molecular weight excluding hydrogens is 639 g/mol. The number of aromatic nitrogens is 2. The number of carbonyl (C=O) groups excluding carboxylic acids is 4. The summed E-state index contributed by atoms with van der Waals surface area (Å²) in [4.78, 5) is 67.0. The van der Waals surface area contributed by atoms with Gasteiger partial charge in [0.05, 0.1) is 11.7 Å². The molecule has 0 unspecified atom stereocenters. The molecule has 0 spiro atoms. The predicted molar refractivity (Wildman–Crippen MR) is 168 cm³/mol. The number of fused-ring (bicyclic) bond motifs is 1. The van der Waals surface area contributed by atoms with E-state index in [1.54, 1.807) is 17.5 Å². The highest BCUT2D eigenvalue weighted by atomic mass is 32.1. The summed E-state index contributed by atoms with van der Waals surface area (Å²) in [5.74, 6) is -2.38. The standard InChI is InChI=1S/C30H27FN6O7S2/c1-4-12-43-28(40)24-18(19-14-45-26(32-19)16-6-8-17(31)9-7-16)10-11-21-23(27(39)37(21)24)34-25(38)22(36-42-3)20-15-46-29(33-20)35-30(41)44-13-5-2/h4-9,14-15,21,23H,1-2,10-13H2,3H3,(H,34,38)(H,33,35,41)/b36-22-/t21-,23+/m1/s1. The zero-order valence-corrected chi connectivity index (χ0v) is 26.0. The fourth-order valence-electron chi connectivity index (χ4n) is 4.85. The predicted octanol–water partition coefficient (Wildman–Crippen LogP) is 4.12. The van der Waals surface area contributed by atoms with Gasteiger partial charge < -0.3 is 19.6 Å². The molecule has 46 heavy (non-hydrogen) atoms. The van der Waals surface area contributed by atoms with Gasteiger partial charge in [-0.15, -0.1) is 22.7 Å². The quantitative estimate of drug-likeness (QED) is 0.0953. The second kappa shape index (κ2) is 14.3. The number of allylic oxidation sites excluding steroid dienone is 1. The van der Waals surface area contributed by atoms with Gasteiger partial charge in [0.1, 0.15) is 48.6 Å². The number of hydrogen-bond donors (Lipinski definition) is 2. The average Bonchev–Trinajstić information content (AvgIpc) is 3.74. The Labute approximate surface area is 270 Å². The number of ether oxygens (including phenoxy) is 2. The highest BCUT2D eigenvalue weighted by Crippen LogP contribution is 2.42. The van der Waals surface area contributed by atoms with Crippen LogP contribution in [0.15, 0.2) is 71.2 Å². The summed E-state index contributed by atoms with van der Waals surface area (Å²) in [6.45, 7) is 6.97. The first-order valence-electron chi connectivity index (χ1n) is 13.7. The Morgan fingerprint density at radius 3 is 2.57 bits per heavy atom. The minimum absolute atomic E-state index is 0.00163. The lowest BCUT2D eigenvalue weighted by Crippen LogP contribution is -2.72. The molecule has 2 N–H and O–H groups in total. The van der Waals surface area contributed by atoms with E-state index in [1.807, 2.05) is 0 Å². The molecule has 238 valence electrons. The maximum Gasteiger partial charge on any atom is 0.413 e. The minimum atomic E-state index is -0.978. The number of carbonyl (C=O) groups is 4. The van der Waals surface area contributed by atoms with E-state index in [2.05, 4.69) is 38.9 Å². The Morgan fingerprint density at radius 2 is 1.85 bits per heavy atom. The summed E-state index contributed by atoms with van der Waals surface area (Å²) >= 11 is 2.34. The Hall–Kier alpha value is -5.22. The van der Waals surface area contributed by atoms with Gasteiger partial charge in [-0.2, -0.15) is 0 Å². The van der Waals surface area contributed by atoms with E-state index in [1.165, 1.54) is 53.0 Å². The fraction of sp³-hybridized carbons (Fsp3) is 0.233. The summed E-state index contributed by atoms with van der Waals surface area (Å²) in [6, 6.07) is 4.35. The van der Waals surface area contributed by atoms with Crippen molar-refractivity contribution < 1.29 is 37.9 Å². The Bertz CT molecular complexity index is 1750. The van der Waals surface area contributed by atoms with Gasteiger partial charge in [-0.3, -0.25) is 19.8 Å². The van der Waals surface area contributed by atoms with Gasteiger partial charge in [-0.1, -0.05) is 30.5 Å². The van der Waals surface area contributed by atoms with Gasteiger partial charge in [0.2, 0.25) is 0 Å². The molecule has 3 amide bonds. The molecule has 2 atom stereocenters. The molecule has 1 saturated heterocycles. The number of nitrogens with one attached hydrogen (secondary N) is 2. The fourth-order valence-corrected chi connectivity index (χ4v) is 6.37. The molecular formula is C30H27FN6O7S2. The number of amides is 3. The lowest BCUT2D eigenvalue weighted by atomic mass is 9.82. The van der Waals surface area contributed by atoms with Gasteiger partial charge in [0.25, 0.3) is 11.8 Å². The number of nitrogens with zero attached hydrogens (tertiary/aromatic N) is 4. The molecule has 1 aromatic carbocycles. The number of β-lactam (4-membered cyclic amide) rings is 1. The lowest BCUT2D eigenvalue weighted by Gasteiger charge is -2.50. The maximum absolute atomic E-state index is 13.5. The van der Waals surface area contributed by atoms with Crippen molar-refractivity contribution in [1.82, 2.24) is 20.2 Å². The van der Waals surface area contributed by atoms with Gasteiger partial charge in [0, 0.05) is 21.9 Å². The molecule has 2 aliphatic heterocycles. The maximum atomic E-state index is 13.5. The number of rotatable bonds is 12. The van der Waals surface area contributed by atoms with E-state index in [9.17, 15) is 23.6 Å². The van der Waals surface area contributed by atoms with E-state index in [0.29, 0.717) is 34.7 Å². The van der Waals surface area contributed by atoms with Crippen LogP contribution in [-0.4, -0.2) is 76.9 Å². The molecule has 1 fully saturated rings. The van der Waals surface area contributed by atoms with Crippen molar-refractivity contribution in [1.29, 1.82) is 0 Å². The lowest BCUT2D eigenvalue weighted by molar-refractivity contribution is -0.156. The number of anilines is 1. The van der Waals surface area contributed by atoms with Crippen LogP contribution in [-0.2, 0) is 28.7 Å². The highest BCUT2D eigenvalue weighted by Gasteiger charge is 2.54.